The minimum absolute atomic E-state index is 0.164. The Balaban J connectivity index is 1.73. The number of nitrogens with zero attached hydrogens (tertiary/aromatic N) is 4. The third-order valence-corrected chi connectivity index (χ3v) is 5.22. The maximum absolute atomic E-state index is 12.4. The normalized spacial score (nSPS) is 11.1. The summed E-state index contributed by atoms with van der Waals surface area (Å²) in [6.45, 7) is 6.30. The first-order chi connectivity index (χ1) is 15.0. The van der Waals surface area contributed by atoms with Crippen LogP contribution >= 0.6 is 11.8 Å². The first kappa shape index (κ1) is 22.8. The molecule has 9 nitrogen and oxygen atoms in total. The number of carbonyl (C=O) groups is 1. The Labute approximate surface area is 185 Å². The van der Waals surface area contributed by atoms with Gasteiger partial charge in [-0.25, -0.2) is 14.6 Å². The summed E-state index contributed by atoms with van der Waals surface area (Å²) in [7, 11) is 3.24. The van der Waals surface area contributed by atoms with Gasteiger partial charge in [0.1, 0.15) is 11.6 Å². The molecule has 2 heterocycles. The number of thioether (sulfide) groups is 1. The third-order valence-electron chi connectivity index (χ3n) is 4.36. The SMILES string of the molecule is COCCNc1nc(SC(C)C)nc2c1cnn2CCNC(=O)c1cccc(OC)c1. The van der Waals surface area contributed by atoms with E-state index in [-0.39, 0.29) is 5.91 Å². The first-order valence-electron chi connectivity index (χ1n) is 10.1. The van der Waals surface area contributed by atoms with Crippen molar-refractivity contribution in [2.45, 2.75) is 30.8 Å². The quantitative estimate of drug-likeness (QED) is 0.264. The number of methoxy groups -OCH3 is 2. The van der Waals surface area contributed by atoms with Crippen LogP contribution in [0.3, 0.4) is 0 Å². The second-order valence-corrected chi connectivity index (χ2v) is 8.58. The van der Waals surface area contributed by atoms with Gasteiger partial charge in [0, 0.05) is 31.0 Å². The molecule has 1 amide bonds. The average Bonchev–Trinajstić information content (AvgIpc) is 3.16. The van der Waals surface area contributed by atoms with Crippen molar-refractivity contribution in [3.63, 3.8) is 0 Å². The Morgan fingerprint density at radius 3 is 2.81 bits per heavy atom. The molecular formula is C21H28N6O3S. The summed E-state index contributed by atoms with van der Waals surface area (Å²) in [6.07, 6.45) is 1.75. The number of nitrogens with one attached hydrogen (secondary N) is 2. The standard InChI is InChI=1S/C21H28N6O3S/c1-14(2)31-21-25-18(22-9-11-29-3)17-13-24-27(19(17)26-21)10-8-23-20(28)15-6-5-7-16(12-15)30-4/h5-7,12-14H,8-11H2,1-4H3,(H,23,28)(H,22,25,26). The van der Waals surface area contributed by atoms with Crippen LogP contribution in [-0.4, -0.2) is 64.8 Å². The van der Waals surface area contributed by atoms with E-state index in [9.17, 15) is 4.79 Å². The summed E-state index contributed by atoms with van der Waals surface area (Å²) in [5.41, 5.74) is 1.28. The van der Waals surface area contributed by atoms with Crippen molar-refractivity contribution in [2.75, 3.05) is 39.2 Å². The Morgan fingerprint density at radius 1 is 1.23 bits per heavy atom. The lowest BCUT2D eigenvalue weighted by molar-refractivity contribution is 0.0951. The van der Waals surface area contributed by atoms with Gasteiger partial charge in [-0.05, 0) is 18.2 Å². The molecule has 0 aliphatic heterocycles. The van der Waals surface area contributed by atoms with E-state index in [4.69, 9.17) is 14.5 Å². The maximum Gasteiger partial charge on any atom is 0.251 e. The van der Waals surface area contributed by atoms with E-state index in [1.165, 1.54) is 0 Å². The van der Waals surface area contributed by atoms with Crippen LogP contribution in [0.2, 0.25) is 0 Å². The summed E-state index contributed by atoms with van der Waals surface area (Å²) in [5.74, 6) is 1.21. The molecule has 0 saturated heterocycles. The van der Waals surface area contributed by atoms with Gasteiger partial charge in [-0.1, -0.05) is 31.7 Å². The van der Waals surface area contributed by atoms with Crippen LogP contribution in [0, 0.1) is 0 Å². The van der Waals surface area contributed by atoms with Crippen molar-refractivity contribution < 1.29 is 14.3 Å². The number of amides is 1. The van der Waals surface area contributed by atoms with Gasteiger partial charge in [0.2, 0.25) is 0 Å². The number of hydrogen-bond acceptors (Lipinski definition) is 8. The molecular weight excluding hydrogens is 416 g/mol. The molecule has 0 spiro atoms. The van der Waals surface area contributed by atoms with Gasteiger partial charge < -0.3 is 20.1 Å². The second-order valence-electron chi connectivity index (χ2n) is 7.03. The van der Waals surface area contributed by atoms with Crippen LogP contribution in [0.25, 0.3) is 11.0 Å². The largest absolute Gasteiger partial charge is 0.497 e. The van der Waals surface area contributed by atoms with Crippen LogP contribution in [-0.2, 0) is 11.3 Å². The van der Waals surface area contributed by atoms with Crippen LogP contribution in [0.15, 0.2) is 35.6 Å². The molecule has 0 aliphatic carbocycles. The van der Waals surface area contributed by atoms with Crippen molar-refractivity contribution in [3.05, 3.63) is 36.0 Å². The highest BCUT2D eigenvalue weighted by Gasteiger charge is 2.14. The summed E-state index contributed by atoms with van der Waals surface area (Å²) >= 11 is 1.59. The lowest BCUT2D eigenvalue weighted by atomic mass is 10.2. The molecule has 0 bridgehead atoms. The highest BCUT2D eigenvalue weighted by molar-refractivity contribution is 7.99. The highest BCUT2D eigenvalue weighted by atomic mass is 32.2. The molecule has 166 valence electrons. The zero-order valence-electron chi connectivity index (χ0n) is 18.2. The molecule has 1 aromatic carbocycles. The zero-order valence-corrected chi connectivity index (χ0v) is 19.0. The van der Waals surface area contributed by atoms with Gasteiger partial charge in [0.15, 0.2) is 10.8 Å². The van der Waals surface area contributed by atoms with Crippen LogP contribution in [0.5, 0.6) is 5.75 Å². The van der Waals surface area contributed by atoms with E-state index in [1.54, 1.807) is 61.1 Å². The molecule has 0 saturated carbocycles. The Hall–Kier alpha value is -2.85. The topological polar surface area (TPSA) is 103 Å². The maximum atomic E-state index is 12.4. The zero-order chi connectivity index (χ0) is 22.2. The number of fused-ring (bicyclic) bond motifs is 1. The van der Waals surface area contributed by atoms with Crippen molar-refractivity contribution in [2.24, 2.45) is 0 Å². The van der Waals surface area contributed by atoms with Gasteiger partial charge in [0.25, 0.3) is 5.91 Å². The molecule has 3 aromatic rings. The van der Waals surface area contributed by atoms with E-state index in [0.29, 0.717) is 48.0 Å². The van der Waals surface area contributed by atoms with Crippen molar-refractivity contribution in [3.8, 4) is 5.75 Å². The number of benzene rings is 1. The summed E-state index contributed by atoms with van der Waals surface area (Å²) < 4.78 is 12.1. The number of anilines is 1. The number of rotatable bonds is 11. The number of carbonyl (C=O) groups excluding carboxylic acids is 1. The van der Waals surface area contributed by atoms with E-state index in [0.717, 1.165) is 16.9 Å². The monoisotopic (exact) mass is 444 g/mol. The molecule has 0 radical (unpaired) electrons. The van der Waals surface area contributed by atoms with E-state index < -0.39 is 0 Å². The lowest BCUT2D eigenvalue weighted by Gasteiger charge is -2.11. The predicted octanol–water partition coefficient (Wildman–Crippen LogP) is 2.82. The number of ether oxygens (including phenoxy) is 2. The predicted molar refractivity (Wildman–Crippen MR) is 122 cm³/mol. The fourth-order valence-electron chi connectivity index (χ4n) is 2.91. The lowest BCUT2D eigenvalue weighted by Crippen LogP contribution is -2.27. The van der Waals surface area contributed by atoms with Crippen molar-refractivity contribution in [1.82, 2.24) is 25.1 Å². The van der Waals surface area contributed by atoms with E-state index >= 15 is 0 Å². The first-order valence-corrected chi connectivity index (χ1v) is 10.9. The highest BCUT2D eigenvalue weighted by Crippen LogP contribution is 2.26. The average molecular weight is 445 g/mol. The fraction of sp³-hybridized carbons (Fsp3) is 0.429. The Morgan fingerprint density at radius 2 is 2.06 bits per heavy atom. The minimum Gasteiger partial charge on any atom is -0.497 e. The third kappa shape index (κ3) is 6.08. The summed E-state index contributed by atoms with van der Waals surface area (Å²) in [5, 5.41) is 12.6. The fourth-order valence-corrected chi connectivity index (χ4v) is 3.62. The van der Waals surface area contributed by atoms with E-state index in [1.807, 2.05) is 0 Å². The Bertz CT molecular complexity index is 1020. The Kier molecular flexibility index (Phi) is 8.07. The second kappa shape index (κ2) is 11.0. The van der Waals surface area contributed by atoms with Gasteiger partial charge >= 0.3 is 0 Å². The van der Waals surface area contributed by atoms with Crippen LogP contribution < -0.4 is 15.4 Å². The summed E-state index contributed by atoms with van der Waals surface area (Å²) in [6, 6.07) is 7.05. The van der Waals surface area contributed by atoms with Gasteiger partial charge in [-0.2, -0.15) is 5.10 Å². The van der Waals surface area contributed by atoms with E-state index in [2.05, 4.69) is 34.6 Å². The van der Waals surface area contributed by atoms with Crippen molar-refractivity contribution >= 4 is 34.5 Å². The number of aromatic nitrogens is 4. The number of hydrogen-bond donors (Lipinski definition) is 2. The van der Waals surface area contributed by atoms with Crippen LogP contribution in [0.4, 0.5) is 5.82 Å². The molecule has 2 N–H and O–H groups in total. The molecule has 0 unspecified atom stereocenters. The van der Waals surface area contributed by atoms with Crippen molar-refractivity contribution in [1.29, 1.82) is 0 Å². The molecule has 0 atom stereocenters. The molecule has 10 heteroatoms. The van der Waals surface area contributed by atoms with Crippen LogP contribution in [0.1, 0.15) is 24.2 Å². The molecule has 0 fully saturated rings. The minimum atomic E-state index is -0.164. The van der Waals surface area contributed by atoms with Gasteiger partial charge in [0.05, 0.1) is 31.8 Å². The van der Waals surface area contributed by atoms with Gasteiger partial charge in [-0.15, -0.1) is 0 Å². The summed E-state index contributed by atoms with van der Waals surface area (Å²) in [4.78, 5) is 21.8. The molecule has 31 heavy (non-hydrogen) atoms. The molecule has 2 aromatic heterocycles. The smallest absolute Gasteiger partial charge is 0.251 e. The molecule has 3 rings (SSSR count). The van der Waals surface area contributed by atoms with Gasteiger partial charge in [-0.3, -0.25) is 4.79 Å². The molecule has 0 aliphatic rings.